The van der Waals surface area contributed by atoms with Crippen LogP contribution in [0.1, 0.15) is 24.4 Å². The van der Waals surface area contributed by atoms with E-state index < -0.39 is 0 Å². The van der Waals surface area contributed by atoms with Crippen LogP contribution in [0.4, 0.5) is 0 Å². The van der Waals surface area contributed by atoms with Crippen molar-refractivity contribution in [3.63, 3.8) is 0 Å². The minimum Gasteiger partial charge on any atom is -0.311 e. The monoisotopic (exact) mass is 273 g/mol. The van der Waals surface area contributed by atoms with E-state index >= 15 is 0 Å². The van der Waals surface area contributed by atoms with Crippen LogP contribution in [0.3, 0.4) is 0 Å². The zero-order valence-electron chi connectivity index (χ0n) is 9.03. The van der Waals surface area contributed by atoms with E-state index in [4.69, 9.17) is 11.6 Å². The standard InChI is InChI=1S/C10H12ClN3S2/c1-3-7(12-2)9-13-14-10(16-9)8-6(11)4-5-15-8/h4-5,7,12H,3H2,1-2H3. The predicted octanol–water partition coefficient (Wildman–Crippen LogP) is 3.59. The molecule has 2 aromatic rings. The lowest BCUT2D eigenvalue weighted by Crippen LogP contribution is -2.14. The molecule has 0 aliphatic rings. The van der Waals surface area contributed by atoms with E-state index in [2.05, 4.69) is 22.4 Å². The van der Waals surface area contributed by atoms with Crippen LogP contribution in [0.25, 0.3) is 9.88 Å². The van der Waals surface area contributed by atoms with E-state index in [-0.39, 0.29) is 6.04 Å². The number of aromatic nitrogens is 2. The molecular formula is C10H12ClN3S2. The van der Waals surface area contributed by atoms with Gasteiger partial charge in [0.05, 0.1) is 15.9 Å². The molecule has 0 spiro atoms. The van der Waals surface area contributed by atoms with Gasteiger partial charge >= 0.3 is 0 Å². The normalized spacial score (nSPS) is 12.9. The van der Waals surface area contributed by atoms with Crippen molar-refractivity contribution in [2.45, 2.75) is 19.4 Å². The lowest BCUT2D eigenvalue weighted by atomic mass is 10.2. The molecule has 2 aromatic heterocycles. The summed E-state index contributed by atoms with van der Waals surface area (Å²) in [5.41, 5.74) is 0. The predicted molar refractivity (Wildman–Crippen MR) is 70.3 cm³/mol. The molecule has 0 radical (unpaired) electrons. The summed E-state index contributed by atoms with van der Waals surface area (Å²) in [4.78, 5) is 1.01. The second kappa shape index (κ2) is 5.23. The quantitative estimate of drug-likeness (QED) is 0.925. The van der Waals surface area contributed by atoms with Gasteiger partial charge < -0.3 is 5.32 Å². The van der Waals surface area contributed by atoms with E-state index in [9.17, 15) is 0 Å². The zero-order chi connectivity index (χ0) is 11.5. The van der Waals surface area contributed by atoms with E-state index in [1.807, 2.05) is 18.5 Å². The number of hydrogen-bond donors (Lipinski definition) is 1. The summed E-state index contributed by atoms with van der Waals surface area (Å²) >= 11 is 9.27. The fraction of sp³-hybridized carbons (Fsp3) is 0.400. The van der Waals surface area contributed by atoms with Crippen LogP contribution < -0.4 is 5.32 Å². The van der Waals surface area contributed by atoms with Crippen LogP contribution >= 0.6 is 34.3 Å². The molecule has 3 nitrogen and oxygen atoms in total. The van der Waals surface area contributed by atoms with Crippen molar-refractivity contribution >= 4 is 34.3 Å². The molecule has 0 amide bonds. The first-order valence-corrected chi connectivity index (χ1v) is 7.07. The van der Waals surface area contributed by atoms with Crippen LogP contribution in [0, 0.1) is 0 Å². The first-order valence-electron chi connectivity index (χ1n) is 5.00. The van der Waals surface area contributed by atoms with Crippen molar-refractivity contribution in [1.29, 1.82) is 0 Å². The topological polar surface area (TPSA) is 37.8 Å². The van der Waals surface area contributed by atoms with Gasteiger partial charge in [0.15, 0.2) is 5.01 Å². The summed E-state index contributed by atoms with van der Waals surface area (Å²) in [5.74, 6) is 0. The molecule has 1 N–H and O–H groups in total. The Bertz CT molecular complexity index is 462. The van der Waals surface area contributed by atoms with Gasteiger partial charge in [0.1, 0.15) is 5.01 Å². The number of halogens is 1. The van der Waals surface area contributed by atoms with Gasteiger partial charge in [0.2, 0.25) is 0 Å². The molecule has 6 heteroatoms. The first-order chi connectivity index (χ1) is 7.76. The van der Waals surface area contributed by atoms with Crippen LogP contribution in [0.15, 0.2) is 11.4 Å². The van der Waals surface area contributed by atoms with Gasteiger partial charge in [-0.15, -0.1) is 21.5 Å². The van der Waals surface area contributed by atoms with Gasteiger partial charge in [-0.25, -0.2) is 0 Å². The van der Waals surface area contributed by atoms with Crippen LogP contribution in [-0.4, -0.2) is 17.2 Å². The Hall–Kier alpha value is -0.490. The minimum atomic E-state index is 0.282. The Labute approximate surface area is 107 Å². The van der Waals surface area contributed by atoms with Crippen molar-refractivity contribution in [3.8, 4) is 9.88 Å². The summed E-state index contributed by atoms with van der Waals surface area (Å²) in [5, 5.41) is 16.3. The number of thiophene rings is 1. The van der Waals surface area contributed by atoms with E-state index in [1.54, 1.807) is 22.7 Å². The Morgan fingerprint density at radius 2 is 2.31 bits per heavy atom. The van der Waals surface area contributed by atoms with Gasteiger partial charge in [-0.3, -0.25) is 0 Å². The molecule has 0 aromatic carbocycles. The molecule has 86 valence electrons. The van der Waals surface area contributed by atoms with Crippen molar-refractivity contribution in [1.82, 2.24) is 15.5 Å². The second-order valence-corrected chi connectivity index (χ2v) is 5.63. The van der Waals surface area contributed by atoms with Crippen molar-refractivity contribution in [2.75, 3.05) is 7.05 Å². The van der Waals surface area contributed by atoms with E-state index in [1.165, 1.54) is 0 Å². The van der Waals surface area contributed by atoms with Gasteiger partial charge in [-0.2, -0.15) is 0 Å². The summed E-state index contributed by atoms with van der Waals surface area (Å²) < 4.78 is 0. The zero-order valence-corrected chi connectivity index (χ0v) is 11.4. The molecule has 0 saturated carbocycles. The molecule has 0 fully saturated rings. The van der Waals surface area contributed by atoms with Gasteiger partial charge in [-0.05, 0) is 24.9 Å². The van der Waals surface area contributed by atoms with E-state index in [0.29, 0.717) is 0 Å². The fourth-order valence-corrected chi connectivity index (χ4v) is 3.76. The molecule has 16 heavy (non-hydrogen) atoms. The maximum atomic E-state index is 6.06. The molecule has 2 rings (SSSR count). The highest BCUT2D eigenvalue weighted by molar-refractivity contribution is 7.21. The number of rotatable bonds is 4. The first kappa shape index (κ1) is 12.0. The van der Waals surface area contributed by atoms with Crippen molar-refractivity contribution < 1.29 is 0 Å². The second-order valence-electron chi connectivity index (χ2n) is 3.29. The molecule has 1 atom stereocenters. The minimum absolute atomic E-state index is 0.282. The van der Waals surface area contributed by atoms with Crippen LogP contribution in [0.2, 0.25) is 5.02 Å². The summed E-state index contributed by atoms with van der Waals surface area (Å²) in [6.45, 7) is 2.13. The maximum Gasteiger partial charge on any atom is 0.159 e. The molecule has 0 aliphatic heterocycles. The SMILES string of the molecule is CCC(NC)c1nnc(-c2sccc2Cl)s1. The smallest absolute Gasteiger partial charge is 0.159 e. The van der Waals surface area contributed by atoms with Crippen molar-refractivity contribution in [3.05, 3.63) is 21.5 Å². The Balaban J connectivity index is 2.29. The average Bonchev–Trinajstić information content (AvgIpc) is 2.89. The Morgan fingerprint density at radius 3 is 2.88 bits per heavy atom. The van der Waals surface area contributed by atoms with E-state index in [0.717, 1.165) is 26.3 Å². The van der Waals surface area contributed by atoms with Crippen LogP contribution in [-0.2, 0) is 0 Å². The highest BCUT2D eigenvalue weighted by atomic mass is 35.5. The van der Waals surface area contributed by atoms with Crippen LogP contribution in [0.5, 0.6) is 0 Å². The highest BCUT2D eigenvalue weighted by Crippen LogP contribution is 2.36. The lowest BCUT2D eigenvalue weighted by molar-refractivity contribution is 0.568. The van der Waals surface area contributed by atoms with Gasteiger partial charge in [0, 0.05) is 0 Å². The average molecular weight is 274 g/mol. The fourth-order valence-electron chi connectivity index (χ4n) is 1.42. The summed E-state index contributed by atoms with van der Waals surface area (Å²) in [7, 11) is 1.94. The van der Waals surface area contributed by atoms with Gasteiger partial charge in [-0.1, -0.05) is 29.9 Å². The third-order valence-electron chi connectivity index (χ3n) is 2.31. The Morgan fingerprint density at radius 1 is 1.50 bits per heavy atom. The highest BCUT2D eigenvalue weighted by Gasteiger charge is 2.16. The summed E-state index contributed by atoms with van der Waals surface area (Å²) in [6.07, 6.45) is 1.00. The van der Waals surface area contributed by atoms with Crippen molar-refractivity contribution in [2.24, 2.45) is 0 Å². The molecule has 0 bridgehead atoms. The maximum absolute atomic E-state index is 6.06. The third kappa shape index (κ3) is 2.27. The molecular weight excluding hydrogens is 262 g/mol. The summed E-state index contributed by atoms with van der Waals surface area (Å²) in [6, 6.07) is 2.17. The van der Waals surface area contributed by atoms with Gasteiger partial charge in [0.25, 0.3) is 0 Å². The largest absolute Gasteiger partial charge is 0.311 e. The number of hydrogen-bond acceptors (Lipinski definition) is 5. The number of nitrogens with one attached hydrogen (secondary N) is 1. The molecule has 0 saturated heterocycles. The molecule has 0 aliphatic carbocycles. The third-order valence-corrected chi connectivity index (χ3v) is 4.84. The Kier molecular flexibility index (Phi) is 3.91. The lowest BCUT2D eigenvalue weighted by Gasteiger charge is -2.07. The number of nitrogens with zero attached hydrogens (tertiary/aromatic N) is 2. The molecule has 1 unspecified atom stereocenters. The molecule has 2 heterocycles.